The lowest BCUT2D eigenvalue weighted by atomic mass is 10.1. The van der Waals surface area contributed by atoms with E-state index < -0.39 is 35.9 Å². The number of nitrogens with two attached hydrogens (primary N) is 1. The molecule has 4 atom stereocenters. The van der Waals surface area contributed by atoms with Crippen LogP contribution in [0.25, 0.3) is 0 Å². The molecule has 18 heavy (non-hydrogen) atoms. The fourth-order valence-electron chi connectivity index (χ4n) is 1.90. The summed E-state index contributed by atoms with van der Waals surface area (Å²) in [6.07, 6.45) is -4.12. The summed E-state index contributed by atoms with van der Waals surface area (Å²) in [6.45, 7) is 1.42. The molecule has 0 aromatic carbocycles. The second-order valence-electron chi connectivity index (χ2n) is 4.21. The topological polar surface area (TPSA) is 110 Å². The number of nitrogens with zero attached hydrogens (tertiary/aromatic N) is 1. The molecule has 1 aliphatic rings. The van der Waals surface area contributed by atoms with Crippen LogP contribution in [0.4, 0.5) is 4.39 Å². The van der Waals surface area contributed by atoms with Gasteiger partial charge < -0.3 is 15.6 Å². The minimum atomic E-state index is -1.78. The van der Waals surface area contributed by atoms with Crippen LogP contribution in [-0.4, -0.2) is 39.6 Å². The van der Waals surface area contributed by atoms with Gasteiger partial charge in [-0.25, -0.2) is 9.18 Å². The van der Waals surface area contributed by atoms with Crippen molar-refractivity contribution < 1.29 is 14.2 Å². The average molecular weight is 259 g/mol. The maximum atomic E-state index is 13.8. The van der Waals surface area contributed by atoms with Crippen LogP contribution in [0, 0.1) is 6.92 Å². The van der Waals surface area contributed by atoms with E-state index in [0.29, 0.717) is 0 Å². The summed E-state index contributed by atoms with van der Waals surface area (Å²) in [7, 11) is 0. The molecule has 0 amide bonds. The Hall–Kier alpha value is -1.51. The molecule has 1 aromatic rings. The molecule has 4 N–H and O–H groups in total. The average Bonchev–Trinajstić information content (AvgIpc) is 2.61. The smallest absolute Gasteiger partial charge is 0.330 e. The molecule has 0 aliphatic carbocycles. The van der Waals surface area contributed by atoms with Crippen molar-refractivity contribution in [1.82, 2.24) is 9.55 Å². The minimum absolute atomic E-state index is 0.0603. The zero-order valence-corrected chi connectivity index (χ0v) is 9.67. The second-order valence-corrected chi connectivity index (χ2v) is 4.21. The van der Waals surface area contributed by atoms with Crippen molar-refractivity contribution in [2.75, 3.05) is 6.54 Å². The summed E-state index contributed by atoms with van der Waals surface area (Å²) < 4.78 is 19.9. The Labute approximate surface area is 101 Å². The first-order chi connectivity index (χ1) is 8.45. The molecule has 0 radical (unpaired) electrons. The van der Waals surface area contributed by atoms with Crippen molar-refractivity contribution in [2.24, 2.45) is 5.73 Å². The summed E-state index contributed by atoms with van der Waals surface area (Å²) in [6, 6.07) is 0. The van der Waals surface area contributed by atoms with Crippen LogP contribution in [0.5, 0.6) is 0 Å². The standard InChI is InChI=1S/C10H14FN3O4/c1-4-3-14(10(17)13-8(4)16)9-6(11)7(15)5(2-12)18-9/h3,5-7,9,15H,2,12H2,1H3,(H,13,16,17)/t5-,6+,7-,9-/m1/s1. The zero-order valence-electron chi connectivity index (χ0n) is 9.67. The van der Waals surface area contributed by atoms with Gasteiger partial charge in [-0.15, -0.1) is 0 Å². The summed E-state index contributed by atoms with van der Waals surface area (Å²) in [5.41, 5.74) is 4.24. The molecule has 0 saturated carbocycles. The molecule has 7 nitrogen and oxygen atoms in total. The predicted octanol–water partition coefficient (Wildman–Crippen LogP) is -1.60. The van der Waals surface area contributed by atoms with Gasteiger partial charge in [0.15, 0.2) is 12.4 Å². The minimum Gasteiger partial charge on any atom is -0.387 e. The Morgan fingerprint density at radius 2 is 2.28 bits per heavy atom. The molecule has 0 bridgehead atoms. The highest BCUT2D eigenvalue weighted by Crippen LogP contribution is 2.30. The first kappa shape index (κ1) is 12.9. The van der Waals surface area contributed by atoms with Gasteiger partial charge in [-0.1, -0.05) is 0 Å². The van der Waals surface area contributed by atoms with Gasteiger partial charge in [0.1, 0.15) is 12.2 Å². The van der Waals surface area contributed by atoms with E-state index in [1.807, 2.05) is 4.98 Å². The van der Waals surface area contributed by atoms with Gasteiger partial charge in [-0.2, -0.15) is 0 Å². The van der Waals surface area contributed by atoms with E-state index in [2.05, 4.69) is 0 Å². The molecule has 0 spiro atoms. The fraction of sp³-hybridized carbons (Fsp3) is 0.600. The number of aryl methyl sites for hydroxylation is 1. The second kappa shape index (κ2) is 4.63. The fourth-order valence-corrected chi connectivity index (χ4v) is 1.90. The third-order valence-electron chi connectivity index (χ3n) is 2.95. The van der Waals surface area contributed by atoms with Crippen molar-refractivity contribution in [3.63, 3.8) is 0 Å². The number of alkyl halides is 1. The number of aliphatic hydroxyl groups excluding tert-OH is 1. The molecule has 0 unspecified atom stereocenters. The van der Waals surface area contributed by atoms with Gasteiger partial charge >= 0.3 is 5.69 Å². The largest absolute Gasteiger partial charge is 0.387 e. The third-order valence-corrected chi connectivity index (χ3v) is 2.95. The number of aromatic nitrogens is 2. The zero-order chi connectivity index (χ0) is 13.4. The monoisotopic (exact) mass is 259 g/mol. The number of nitrogens with one attached hydrogen (secondary N) is 1. The van der Waals surface area contributed by atoms with E-state index in [0.717, 1.165) is 4.57 Å². The molecule has 8 heteroatoms. The first-order valence-corrected chi connectivity index (χ1v) is 5.45. The van der Waals surface area contributed by atoms with Crippen LogP contribution in [0.1, 0.15) is 11.8 Å². The number of hydrogen-bond acceptors (Lipinski definition) is 5. The number of ether oxygens (including phenoxy) is 1. The van der Waals surface area contributed by atoms with Crippen molar-refractivity contribution in [3.8, 4) is 0 Å². The molecule has 2 heterocycles. The van der Waals surface area contributed by atoms with Gasteiger partial charge in [-0.3, -0.25) is 14.3 Å². The molecule has 1 aliphatic heterocycles. The third kappa shape index (κ3) is 1.98. The molecule has 1 saturated heterocycles. The number of aliphatic hydroxyl groups is 1. The van der Waals surface area contributed by atoms with Gasteiger partial charge in [0.25, 0.3) is 5.56 Å². The first-order valence-electron chi connectivity index (χ1n) is 5.45. The number of rotatable bonds is 2. The lowest BCUT2D eigenvalue weighted by Gasteiger charge is -2.16. The molecule has 2 rings (SSSR count). The lowest BCUT2D eigenvalue weighted by molar-refractivity contribution is -0.0226. The van der Waals surface area contributed by atoms with Crippen molar-refractivity contribution in [3.05, 3.63) is 32.6 Å². The van der Waals surface area contributed by atoms with Crippen molar-refractivity contribution in [1.29, 1.82) is 0 Å². The molecule has 100 valence electrons. The molecule has 1 fully saturated rings. The number of H-pyrrole nitrogens is 1. The highest BCUT2D eigenvalue weighted by atomic mass is 19.1. The maximum Gasteiger partial charge on any atom is 0.330 e. The SMILES string of the molecule is Cc1cn([C@@H]2O[C@H](CN)[C@@H](O)[C@@H]2F)c(=O)[nH]c1=O. The summed E-state index contributed by atoms with van der Waals surface area (Å²) in [5, 5.41) is 9.54. The Morgan fingerprint density at radius 3 is 2.83 bits per heavy atom. The Kier molecular flexibility index (Phi) is 3.33. The van der Waals surface area contributed by atoms with Crippen LogP contribution in [-0.2, 0) is 4.74 Å². The van der Waals surface area contributed by atoms with Crippen LogP contribution in [0.2, 0.25) is 0 Å². The van der Waals surface area contributed by atoms with E-state index in [4.69, 9.17) is 10.5 Å². The van der Waals surface area contributed by atoms with Gasteiger partial charge in [0.2, 0.25) is 0 Å². The number of aromatic amines is 1. The normalized spacial score (nSPS) is 31.8. The molecule has 1 aromatic heterocycles. The van der Waals surface area contributed by atoms with E-state index in [1.54, 1.807) is 0 Å². The van der Waals surface area contributed by atoms with Gasteiger partial charge in [0, 0.05) is 18.3 Å². The van der Waals surface area contributed by atoms with Gasteiger partial charge in [-0.05, 0) is 6.92 Å². The molecular formula is C10H14FN3O4. The highest BCUT2D eigenvalue weighted by molar-refractivity contribution is 5.03. The Balaban J connectivity index is 2.42. The number of hydrogen-bond donors (Lipinski definition) is 3. The summed E-state index contributed by atoms with van der Waals surface area (Å²) in [5.74, 6) is 0. The van der Waals surface area contributed by atoms with E-state index >= 15 is 0 Å². The maximum absolute atomic E-state index is 13.8. The van der Waals surface area contributed by atoms with Crippen LogP contribution in [0.3, 0.4) is 0 Å². The summed E-state index contributed by atoms with van der Waals surface area (Å²) in [4.78, 5) is 24.8. The van der Waals surface area contributed by atoms with Crippen LogP contribution < -0.4 is 17.0 Å². The van der Waals surface area contributed by atoms with Crippen LogP contribution >= 0.6 is 0 Å². The van der Waals surface area contributed by atoms with E-state index in [1.165, 1.54) is 13.1 Å². The highest BCUT2D eigenvalue weighted by Gasteiger charge is 2.44. The van der Waals surface area contributed by atoms with Crippen molar-refractivity contribution in [2.45, 2.75) is 31.5 Å². The molecular weight excluding hydrogens is 245 g/mol. The number of halogens is 1. The quantitative estimate of drug-likeness (QED) is 0.592. The van der Waals surface area contributed by atoms with Crippen LogP contribution in [0.15, 0.2) is 15.8 Å². The Bertz CT molecular complexity index is 555. The van der Waals surface area contributed by atoms with Gasteiger partial charge in [0.05, 0.1) is 0 Å². The lowest BCUT2D eigenvalue weighted by Crippen LogP contribution is -2.37. The summed E-state index contributed by atoms with van der Waals surface area (Å²) >= 11 is 0. The van der Waals surface area contributed by atoms with E-state index in [-0.39, 0.29) is 12.1 Å². The Morgan fingerprint density at radius 1 is 1.61 bits per heavy atom. The predicted molar refractivity (Wildman–Crippen MR) is 59.9 cm³/mol. The van der Waals surface area contributed by atoms with E-state index in [9.17, 15) is 19.1 Å². The van der Waals surface area contributed by atoms with Crippen molar-refractivity contribution >= 4 is 0 Å².